The van der Waals surface area contributed by atoms with Gasteiger partial charge in [-0.1, -0.05) is 13.8 Å². The molecule has 2 unspecified atom stereocenters. The van der Waals surface area contributed by atoms with Crippen LogP contribution in [0.25, 0.3) is 22.2 Å². The highest BCUT2D eigenvalue weighted by atomic mass is 32.2. The Kier molecular flexibility index (Phi) is 8.00. The number of hydrogen-bond donors (Lipinski definition) is 1. The van der Waals surface area contributed by atoms with Crippen molar-refractivity contribution in [3.8, 4) is 22.8 Å². The molecule has 2 fully saturated rings. The first-order valence-corrected chi connectivity index (χ1v) is 14.2. The molecule has 1 aromatic heterocycles. The van der Waals surface area contributed by atoms with Gasteiger partial charge in [-0.05, 0) is 55.3 Å². The Labute approximate surface area is 214 Å². The van der Waals surface area contributed by atoms with Gasteiger partial charge in [-0.2, -0.15) is 0 Å². The molecular formula is C27H36FN3O4S. The van der Waals surface area contributed by atoms with Crippen molar-refractivity contribution in [3.05, 3.63) is 48.3 Å². The van der Waals surface area contributed by atoms with Crippen LogP contribution in [-0.2, 0) is 9.84 Å². The molecule has 0 amide bonds. The van der Waals surface area contributed by atoms with Gasteiger partial charge in [0.25, 0.3) is 0 Å². The third-order valence-electron chi connectivity index (χ3n) is 6.68. The van der Waals surface area contributed by atoms with Crippen molar-refractivity contribution < 1.29 is 23.7 Å². The van der Waals surface area contributed by atoms with Crippen LogP contribution in [0.3, 0.4) is 0 Å². The van der Waals surface area contributed by atoms with Crippen molar-refractivity contribution in [3.63, 3.8) is 0 Å². The number of anilines is 1. The third-order valence-corrected chi connectivity index (χ3v) is 8.56. The summed E-state index contributed by atoms with van der Waals surface area (Å²) in [5, 5.41) is 3.74. The Morgan fingerprint density at radius 3 is 2.39 bits per heavy atom. The van der Waals surface area contributed by atoms with E-state index in [-0.39, 0.29) is 30.5 Å². The quantitative estimate of drug-likeness (QED) is 0.465. The predicted molar refractivity (Wildman–Crippen MR) is 144 cm³/mol. The minimum Gasteiger partial charge on any atom is -0.494 e. The molecule has 196 valence electrons. The molecule has 3 heterocycles. The topological polar surface area (TPSA) is 80.8 Å². The van der Waals surface area contributed by atoms with Gasteiger partial charge in [0.1, 0.15) is 12.4 Å². The number of ether oxygens (including phenoxy) is 2. The summed E-state index contributed by atoms with van der Waals surface area (Å²) in [4.78, 5) is 6.99. The molecule has 1 N–H and O–H groups in total. The fraction of sp³-hybridized carbons (Fsp3) is 0.444. The molecule has 2 saturated heterocycles. The number of pyridine rings is 1. The lowest BCUT2D eigenvalue weighted by molar-refractivity contribution is 0.318. The first-order chi connectivity index (χ1) is 17.4. The molecule has 2 aliphatic heterocycles. The van der Waals surface area contributed by atoms with Gasteiger partial charge in [-0.25, -0.2) is 17.8 Å². The van der Waals surface area contributed by atoms with E-state index in [2.05, 4.69) is 10.2 Å². The zero-order valence-electron chi connectivity index (χ0n) is 21.3. The third kappa shape index (κ3) is 5.42. The van der Waals surface area contributed by atoms with E-state index in [1.807, 2.05) is 51.2 Å². The van der Waals surface area contributed by atoms with Gasteiger partial charge < -0.3 is 19.7 Å². The van der Waals surface area contributed by atoms with Crippen molar-refractivity contribution in [2.45, 2.75) is 13.8 Å². The summed E-state index contributed by atoms with van der Waals surface area (Å²) < 4.78 is 49.7. The van der Waals surface area contributed by atoms with Crippen LogP contribution in [0.5, 0.6) is 11.5 Å². The van der Waals surface area contributed by atoms with Crippen LogP contribution >= 0.6 is 0 Å². The van der Waals surface area contributed by atoms with E-state index < -0.39 is 15.7 Å². The lowest BCUT2D eigenvalue weighted by Crippen LogP contribution is -2.24. The maximum absolute atomic E-state index is 14.6. The normalized spacial score (nSPS) is 20.1. The molecule has 2 aliphatic rings. The van der Waals surface area contributed by atoms with E-state index in [4.69, 9.17) is 14.5 Å². The fourth-order valence-corrected chi connectivity index (χ4v) is 7.20. The Bertz CT molecular complexity index is 1300. The predicted octanol–water partition coefficient (Wildman–Crippen LogP) is 4.40. The minimum absolute atomic E-state index is 0. The molecule has 2 aromatic carbocycles. The molecule has 0 bridgehead atoms. The molecule has 0 spiro atoms. The van der Waals surface area contributed by atoms with E-state index in [1.54, 1.807) is 6.07 Å². The number of hydrogen-bond acceptors (Lipinski definition) is 7. The number of nitrogens with one attached hydrogen (secondary N) is 1. The standard InChI is InChI=1S/C25H28FN3O4S.C2H6.H2/c1-27-7-8-33-19-5-3-16(4-6-19)22-10-24(20-9-21(26)25(32-2)11-23(20)28-22)29-12-17-14-34(30,31)15-18(17)13-29;1-2;/h3-6,9-11,17-18,27H,7-8,12-15H2,1-2H3;1-2H3;1H. The first-order valence-electron chi connectivity index (χ1n) is 12.4. The SMILES string of the molecule is CC.CNCCOc1ccc(-c2cc(N3CC4CS(=O)(=O)CC4C3)c3cc(F)c(OC)cc3n2)cc1.[HH]. The first kappa shape index (κ1) is 26.2. The van der Waals surface area contributed by atoms with Crippen molar-refractivity contribution in [1.29, 1.82) is 0 Å². The molecular weight excluding hydrogens is 481 g/mol. The van der Waals surface area contributed by atoms with Crippen LogP contribution in [0.15, 0.2) is 42.5 Å². The molecule has 5 rings (SSSR count). The molecule has 0 radical (unpaired) electrons. The molecule has 7 nitrogen and oxygen atoms in total. The zero-order chi connectivity index (χ0) is 25.9. The van der Waals surface area contributed by atoms with E-state index in [1.165, 1.54) is 13.2 Å². The van der Waals surface area contributed by atoms with Crippen LogP contribution in [0.2, 0.25) is 0 Å². The Hall–Kier alpha value is -2.91. The van der Waals surface area contributed by atoms with Gasteiger partial charge >= 0.3 is 0 Å². The maximum Gasteiger partial charge on any atom is 0.165 e. The second kappa shape index (κ2) is 11.0. The molecule has 0 aliphatic carbocycles. The van der Waals surface area contributed by atoms with Crippen molar-refractivity contribution in [2.24, 2.45) is 11.8 Å². The van der Waals surface area contributed by atoms with Crippen molar-refractivity contribution >= 4 is 26.4 Å². The second-order valence-electron chi connectivity index (χ2n) is 9.01. The number of rotatable bonds is 7. The van der Waals surface area contributed by atoms with Crippen LogP contribution in [0, 0.1) is 17.7 Å². The summed E-state index contributed by atoms with van der Waals surface area (Å²) in [6.07, 6.45) is 0. The van der Waals surface area contributed by atoms with E-state index in [0.717, 1.165) is 29.2 Å². The highest BCUT2D eigenvalue weighted by molar-refractivity contribution is 7.91. The van der Waals surface area contributed by atoms with E-state index in [9.17, 15) is 12.8 Å². The highest BCUT2D eigenvalue weighted by Gasteiger charge is 2.44. The average molecular weight is 518 g/mol. The lowest BCUT2D eigenvalue weighted by Gasteiger charge is -2.23. The second-order valence-corrected chi connectivity index (χ2v) is 11.2. The minimum atomic E-state index is -2.96. The number of likely N-dealkylation sites (N-methyl/N-ethyl adjacent to an activating group) is 1. The number of benzene rings is 2. The summed E-state index contributed by atoms with van der Waals surface area (Å²) in [5.74, 6) is 1.12. The van der Waals surface area contributed by atoms with Gasteiger partial charge in [-0.3, -0.25) is 0 Å². The van der Waals surface area contributed by atoms with Gasteiger partial charge in [0.05, 0.1) is 29.8 Å². The van der Waals surface area contributed by atoms with Crippen LogP contribution in [0.4, 0.5) is 10.1 Å². The van der Waals surface area contributed by atoms with Crippen LogP contribution in [-0.4, -0.2) is 65.3 Å². The van der Waals surface area contributed by atoms with Gasteiger partial charge in [0, 0.05) is 43.8 Å². The number of methoxy groups -OCH3 is 1. The number of sulfone groups is 1. The monoisotopic (exact) mass is 517 g/mol. The van der Waals surface area contributed by atoms with Crippen LogP contribution in [0.1, 0.15) is 15.3 Å². The molecule has 0 saturated carbocycles. The number of fused-ring (bicyclic) bond motifs is 2. The highest BCUT2D eigenvalue weighted by Crippen LogP contribution is 2.40. The summed E-state index contributed by atoms with van der Waals surface area (Å²) in [6, 6.07) is 12.8. The van der Waals surface area contributed by atoms with Gasteiger partial charge in [0.15, 0.2) is 21.4 Å². The Morgan fingerprint density at radius 2 is 1.78 bits per heavy atom. The van der Waals surface area contributed by atoms with E-state index in [0.29, 0.717) is 30.6 Å². The van der Waals surface area contributed by atoms with Crippen molar-refractivity contribution in [2.75, 3.05) is 56.8 Å². The maximum atomic E-state index is 14.6. The molecule has 36 heavy (non-hydrogen) atoms. The fourth-order valence-electron chi connectivity index (χ4n) is 5.00. The van der Waals surface area contributed by atoms with E-state index >= 15 is 0 Å². The number of aromatic nitrogens is 1. The van der Waals surface area contributed by atoms with Crippen LogP contribution < -0.4 is 19.7 Å². The van der Waals surface area contributed by atoms with Gasteiger partial charge in [-0.15, -0.1) is 0 Å². The summed E-state index contributed by atoms with van der Waals surface area (Å²) in [6.45, 7) is 6.60. The number of halogens is 1. The number of nitrogens with zero attached hydrogens (tertiary/aromatic N) is 2. The Balaban J connectivity index is 0.00000124. The molecule has 3 aromatic rings. The average Bonchev–Trinajstić information content (AvgIpc) is 3.38. The Morgan fingerprint density at radius 1 is 1.11 bits per heavy atom. The summed E-state index contributed by atoms with van der Waals surface area (Å²) in [7, 11) is 0.348. The summed E-state index contributed by atoms with van der Waals surface area (Å²) >= 11 is 0. The zero-order valence-corrected chi connectivity index (χ0v) is 22.1. The largest absolute Gasteiger partial charge is 0.494 e. The smallest absolute Gasteiger partial charge is 0.165 e. The lowest BCUT2D eigenvalue weighted by atomic mass is 10.0. The van der Waals surface area contributed by atoms with Gasteiger partial charge in [0.2, 0.25) is 0 Å². The van der Waals surface area contributed by atoms with Crippen molar-refractivity contribution in [1.82, 2.24) is 10.3 Å². The molecule has 2 atom stereocenters. The molecule has 9 heteroatoms. The summed E-state index contributed by atoms with van der Waals surface area (Å²) in [5.41, 5.74) is 3.16.